The largest absolute Gasteiger partial charge is 0.472 e. The molecular weight excluding hydrogens is 320 g/mol. The van der Waals surface area contributed by atoms with E-state index in [9.17, 15) is 4.79 Å². The number of carbonyl (C=O) groups excluding carboxylic acids is 1. The van der Waals surface area contributed by atoms with E-state index in [4.69, 9.17) is 4.74 Å². The van der Waals surface area contributed by atoms with Gasteiger partial charge >= 0.3 is 0 Å². The van der Waals surface area contributed by atoms with Crippen molar-refractivity contribution in [1.29, 1.82) is 0 Å². The molecule has 1 aliphatic heterocycles. The molecule has 1 aromatic heterocycles. The van der Waals surface area contributed by atoms with Gasteiger partial charge in [0.2, 0.25) is 6.10 Å². The zero-order valence-corrected chi connectivity index (χ0v) is 12.7. The second-order valence-corrected chi connectivity index (χ2v) is 5.64. The van der Waals surface area contributed by atoms with Crippen molar-refractivity contribution in [1.82, 2.24) is 4.98 Å². The Morgan fingerprint density at radius 2 is 2.05 bits per heavy atom. The zero-order chi connectivity index (χ0) is 14.3. The molecule has 0 spiro atoms. The van der Waals surface area contributed by atoms with E-state index in [1.165, 1.54) is 0 Å². The van der Waals surface area contributed by atoms with Crippen molar-refractivity contribution in [2.75, 3.05) is 5.32 Å². The van der Waals surface area contributed by atoms with Gasteiger partial charge in [0, 0.05) is 5.56 Å². The summed E-state index contributed by atoms with van der Waals surface area (Å²) in [6.07, 6.45) is -0.633. The number of amides is 1. The van der Waals surface area contributed by atoms with Crippen LogP contribution in [0.1, 0.15) is 22.8 Å². The van der Waals surface area contributed by atoms with Crippen molar-refractivity contribution < 1.29 is 9.53 Å². The first-order valence-corrected chi connectivity index (χ1v) is 7.05. The molecule has 2 heterocycles. The van der Waals surface area contributed by atoms with Crippen LogP contribution in [0.15, 0.2) is 34.9 Å². The highest BCUT2D eigenvalue weighted by Crippen LogP contribution is 2.35. The molecule has 2 aromatic rings. The topological polar surface area (TPSA) is 51.2 Å². The van der Waals surface area contributed by atoms with Gasteiger partial charge in [0.05, 0.1) is 0 Å². The normalized spacial score (nSPS) is 17.1. The van der Waals surface area contributed by atoms with Crippen molar-refractivity contribution in [2.24, 2.45) is 0 Å². The van der Waals surface area contributed by atoms with Gasteiger partial charge < -0.3 is 10.1 Å². The molecule has 1 aliphatic rings. The molecule has 1 amide bonds. The predicted molar refractivity (Wildman–Crippen MR) is 79.9 cm³/mol. The summed E-state index contributed by atoms with van der Waals surface area (Å²) in [5.41, 5.74) is 3.08. The fraction of sp³-hybridized carbons (Fsp3) is 0.200. The number of aryl methyl sites for hydroxylation is 2. The first kappa shape index (κ1) is 13.1. The van der Waals surface area contributed by atoms with Crippen LogP contribution in [0, 0.1) is 13.8 Å². The van der Waals surface area contributed by atoms with Crippen LogP contribution in [0.2, 0.25) is 0 Å². The SMILES string of the molecule is Cc1ccc(C2Oc3ccc(Br)nc3NC2=O)c(C)c1. The van der Waals surface area contributed by atoms with E-state index in [0.717, 1.165) is 16.7 Å². The smallest absolute Gasteiger partial charge is 0.271 e. The Kier molecular flexibility index (Phi) is 3.22. The van der Waals surface area contributed by atoms with Crippen LogP contribution in [0.25, 0.3) is 0 Å². The molecule has 0 bridgehead atoms. The van der Waals surface area contributed by atoms with Crippen molar-refractivity contribution in [3.05, 3.63) is 51.6 Å². The van der Waals surface area contributed by atoms with Crippen LogP contribution in [0.3, 0.4) is 0 Å². The second-order valence-electron chi connectivity index (χ2n) is 4.83. The summed E-state index contributed by atoms with van der Waals surface area (Å²) in [6.45, 7) is 4.00. The summed E-state index contributed by atoms with van der Waals surface area (Å²) in [5.74, 6) is 0.832. The molecule has 102 valence electrons. The molecule has 5 heteroatoms. The van der Waals surface area contributed by atoms with E-state index in [1.807, 2.05) is 32.0 Å². The zero-order valence-electron chi connectivity index (χ0n) is 11.1. The highest BCUT2D eigenvalue weighted by atomic mass is 79.9. The molecule has 0 fully saturated rings. The maximum Gasteiger partial charge on any atom is 0.271 e. The number of ether oxygens (including phenoxy) is 1. The summed E-state index contributed by atoms with van der Waals surface area (Å²) >= 11 is 3.27. The summed E-state index contributed by atoms with van der Waals surface area (Å²) in [7, 11) is 0. The number of nitrogens with zero attached hydrogens (tertiary/aromatic N) is 1. The first-order chi connectivity index (χ1) is 9.54. The highest BCUT2D eigenvalue weighted by Gasteiger charge is 2.31. The minimum atomic E-state index is -0.633. The first-order valence-electron chi connectivity index (χ1n) is 6.26. The Morgan fingerprint density at radius 1 is 1.25 bits per heavy atom. The van der Waals surface area contributed by atoms with E-state index >= 15 is 0 Å². The number of anilines is 1. The summed E-state index contributed by atoms with van der Waals surface area (Å²) in [5, 5.41) is 2.79. The fourth-order valence-electron chi connectivity index (χ4n) is 2.29. The van der Waals surface area contributed by atoms with Gasteiger partial charge in [0.1, 0.15) is 4.60 Å². The van der Waals surface area contributed by atoms with Crippen LogP contribution in [0.4, 0.5) is 5.82 Å². The van der Waals surface area contributed by atoms with E-state index < -0.39 is 6.10 Å². The number of halogens is 1. The minimum Gasteiger partial charge on any atom is -0.472 e. The van der Waals surface area contributed by atoms with Crippen LogP contribution in [-0.4, -0.2) is 10.9 Å². The van der Waals surface area contributed by atoms with E-state index in [2.05, 4.69) is 26.2 Å². The Labute approximate surface area is 125 Å². The van der Waals surface area contributed by atoms with Gasteiger partial charge in [0.15, 0.2) is 11.6 Å². The predicted octanol–water partition coefficient (Wildman–Crippen LogP) is 3.53. The number of fused-ring (bicyclic) bond motifs is 1. The molecule has 3 rings (SSSR count). The van der Waals surface area contributed by atoms with Gasteiger partial charge in [-0.2, -0.15) is 0 Å². The van der Waals surface area contributed by atoms with Gasteiger partial charge in [-0.15, -0.1) is 0 Å². The molecule has 1 N–H and O–H groups in total. The fourth-order valence-corrected chi connectivity index (χ4v) is 2.60. The Balaban J connectivity index is 2.00. The quantitative estimate of drug-likeness (QED) is 0.812. The number of hydrogen-bond donors (Lipinski definition) is 1. The summed E-state index contributed by atoms with van der Waals surface area (Å²) < 4.78 is 6.47. The molecule has 1 aromatic carbocycles. The lowest BCUT2D eigenvalue weighted by Crippen LogP contribution is -2.31. The molecule has 0 radical (unpaired) electrons. The van der Waals surface area contributed by atoms with Gasteiger partial charge in [-0.25, -0.2) is 4.98 Å². The van der Waals surface area contributed by atoms with Gasteiger partial charge in [0.25, 0.3) is 5.91 Å². The number of nitrogens with one attached hydrogen (secondary N) is 1. The lowest BCUT2D eigenvalue weighted by molar-refractivity contribution is -0.123. The van der Waals surface area contributed by atoms with Crippen LogP contribution < -0.4 is 10.1 Å². The average Bonchev–Trinajstić information content (AvgIpc) is 2.38. The molecular formula is C15H13BrN2O2. The Bertz CT molecular complexity index is 700. The summed E-state index contributed by atoms with van der Waals surface area (Å²) in [6, 6.07) is 9.54. The second kappa shape index (κ2) is 4.90. The lowest BCUT2D eigenvalue weighted by atomic mass is 10.00. The maximum atomic E-state index is 12.2. The van der Waals surface area contributed by atoms with E-state index in [0.29, 0.717) is 16.2 Å². The number of carbonyl (C=O) groups is 1. The number of hydrogen-bond acceptors (Lipinski definition) is 3. The number of pyridine rings is 1. The molecule has 1 atom stereocenters. The molecule has 20 heavy (non-hydrogen) atoms. The average molecular weight is 333 g/mol. The standard InChI is InChI=1S/C15H13BrN2O2/c1-8-3-4-10(9(2)7-8)13-15(19)18-14-11(20-13)5-6-12(16)17-14/h3-7,13H,1-2H3,(H,17,18,19). The highest BCUT2D eigenvalue weighted by molar-refractivity contribution is 9.10. The van der Waals surface area contributed by atoms with E-state index in [-0.39, 0.29) is 5.91 Å². The van der Waals surface area contributed by atoms with Gasteiger partial charge in [-0.1, -0.05) is 23.8 Å². The third-order valence-electron chi connectivity index (χ3n) is 3.26. The summed E-state index contributed by atoms with van der Waals surface area (Å²) in [4.78, 5) is 16.4. The molecule has 0 saturated carbocycles. The minimum absolute atomic E-state index is 0.199. The third-order valence-corrected chi connectivity index (χ3v) is 3.70. The lowest BCUT2D eigenvalue weighted by Gasteiger charge is -2.26. The van der Waals surface area contributed by atoms with Crippen molar-refractivity contribution in [2.45, 2.75) is 20.0 Å². The van der Waals surface area contributed by atoms with Gasteiger partial charge in [-0.05, 0) is 47.5 Å². The third kappa shape index (κ3) is 2.29. The van der Waals surface area contributed by atoms with Crippen LogP contribution in [0.5, 0.6) is 5.75 Å². The number of benzene rings is 1. The maximum absolute atomic E-state index is 12.2. The number of rotatable bonds is 1. The molecule has 0 aliphatic carbocycles. The van der Waals surface area contributed by atoms with Crippen LogP contribution in [-0.2, 0) is 4.79 Å². The Hall–Kier alpha value is -1.88. The van der Waals surface area contributed by atoms with Gasteiger partial charge in [-0.3, -0.25) is 4.79 Å². The van der Waals surface area contributed by atoms with Crippen LogP contribution >= 0.6 is 15.9 Å². The molecule has 1 unspecified atom stereocenters. The van der Waals surface area contributed by atoms with E-state index in [1.54, 1.807) is 12.1 Å². The van der Waals surface area contributed by atoms with Crippen molar-refractivity contribution in [3.63, 3.8) is 0 Å². The monoisotopic (exact) mass is 332 g/mol. The Morgan fingerprint density at radius 3 is 2.80 bits per heavy atom. The molecule has 0 saturated heterocycles. The number of aromatic nitrogens is 1. The molecule has 4 nitrogen and oxygen atoms in total. The van der Waals surface area contributed by atoms with Crippen molar-refractivity contribution >= 4 is 27.7 Å². The van der Waals surface area contributed by atoms with Crippen molar-refractivity contribution in [3.8, 4) is 5.75 Å².